The first kappa shape index (κ1) is 21.5. The highest BCUT2D eigenvalue weighted by Crippen LogP contribution is 2.32. The molecule has 29 heavy (non-hydrogen) atoms. The zero-order valence-corrected chi connectivity index (χ0v) is 17.4. The third-order valence-electron chi connectivity index (χ3n) is 5.78. The maximum Gasteiger partial charge on any atom is 0.293 e. The van der Waals surface area contributed by atoms with Crippen LogP contribution in [0.3, 0.4) is 0 Å². The number of amides is 1. The third kappa shape index (κ3) is 5.24. The zero-order valence-electron chi connectivity index (χ0n) is 16.6. The minimum Gasteiger partial charge on any atom is -0.366 e. The molecule has 2 atom stereocenters. The molecule has 1 aliphatic carbocycles. The van der Waals surface area contributed by atoms with Crippen molar-refractivity contribution in [1.29, 1.82) is 0 Å². The molecule has 10 heteroatoms. The molecule has 0 bridgehead atoms. The van der Waals surface area contributed by atoms with E-state index in [9.17, 15) is 23.3 Å². The molecule has 1 aromatic rings. The summed E-state index contributed by atoms with van der Waals surface area (Å²) in [5.74, 6) is -0.0272. The van der Waals surface area contributed by atoms with Crippen molar-refractivity contribution in [2.24, 2.45) is 5.92 Å². The molecule has 1 aromatic carbocycles. The lowest BCUT2D eigenvalue weighted by Crippen LogP contribution is -2.45. The topological polar surface area (TPSA) is 122 Å². The minimum atomic E-state index is -4.04. The fourth-order valence-corrected chi connectivity index (χ4v) is 5.08. The second-order valence-corrected chi connectivity index (χ2v) is 9.63. The Kier molecular flexibility index (Phi) is 6.74. The quantitative estimate of drug-likeness (QED) is 0.511. The summed E-state index contributed by atoms with van der Waals surface area (Å²) >= 11 is 0. The Balaban J connectivity index is 1.67. The van der Waals surface area contributed by atoms with Gasteiger partial charge in [-0.25, -0.2) is 13.1 Å². The lowest BCUT2D eigenvalue weighted by molar-refractivity contribution is -0.384. The van der Waals surface area contributed by atoms with E-state index in [1.54, 1.807) is 0 Å². The van der Waals surface area contributed by atoms with Gasteiger partial charge in [0, 0.05) is 25.2 Å². The molecule has 0 unspecified atom stereocenters. The van der Waals surface area contributed by atoms with Gasteiger partial charge in [0.2, 0.25) is 15.9 Å². The first-order chi connectivity index (χ1) is 13.8. The van der Waals surface area contributed by atoms with Gasteiger partial charge in [-0.2, -0.15) is 0 Å². The largest absolute Gasteiger partial charge is 0.366 e. The van der Waals surface area contributed by atoms with Crippen LogP contribution in [0, 0.1) is 16.0 Å². The normalized spacial score (nSPS) is 22.4. The van der Waals surface area contributed by atoms with Crippen LogP contribution in [0.5, 0.6) is 0 Å². The molecule has 2 aliphatic rings. The second-order valence-electron chi connectivity index (χ2n) is 7.86. The predicted molar refractivity (Wildman–Crippen MR) is 109 cm³/mol. The van der Waals surface area contributed by atoms with E-state index in [0.29, 0.717) is 24.7 Å². The van der Waals surface area contributed by atoms with Crippen LogP contribution in [0.25, 0.3) is 0 Å². The van der Waals surface area contributed by atoms with E-state index in [-0.39, 0.29) is 16.6 Å². The molecule has 9 nitrogen and oxygen atoms in total. The Labute approximate surface area is 171 Å². The summed E-state index contributed by atoms with van der Waals surface area (Å²) in [4.78, 5) is 24.8. The highest BCUT2D eigenvalue weighted by molar-refractivity contribution is 7.89. The molecule has 1 saturated carbocycles. The minimum absolute atomic E-state index is 0.0570. The van der Waals surface area contributed by atoms with Gasteiger partial charge in [0.1, 0.15) is 5.69 Å². The number of benzene rings is 1. The molecule has 3 rings (SSSR count). The van der Waals surface area contributed by atoms with Crippen molar-refractivity contribution in [1.82, 2.24) is 10.0 Å². The van der Waals surface area contributed by atoms with Crippen molar-refractivity contribution in [2.45, 2.75) is 56.4 Å². The maximum atomic E-state index is 12.6. The van der Waals surface area contributed by atoms with Gasteiger partial charge in [0.15, 0.2) is 0 Å². The number of anilines is 1. The molecule has 1 heterocycles. The van der Waals surface area contributed by atoms with E-state index >= 15 is 0 Å². The van der Waals surface area contributed by atoms with Crippen molar-refractivity contribution in [3.63, 3.8) is 0 Å². The average molecular weight is 425 g/mol. The van der Waals surface area contributed by atoms with Crippen LogP contribution in [0.2, 0.25) is 0 Å². The number of hydrogen-bond donors (Lipinski definition) is 2. The van der Waals surface area contributed by atoms with E-state index in [4.69, 9.17) is 0 Å². The number of nitrogens with zero attached hydrogens (tertiary/aromatic N) is 2. The van der Waals surface area contributed by atoms with E-state index in [1.807, 2.05) is 4.90 Å². The molecule has 160 valence electrons. The Morgan fingerprint density at radius 2 is 1.90 bits per heavy atom. The summed E-state index contributed by atoms with van der Waals surface area (Å²) in [5, 5.41) is 14.4. The zero-order chi connectivity index (χ0) is 21.0. The summed E-state index contributed by atoms with van der Waals surface area (Å²) in [7, 11) is -4.04. The molecule has 0 aromatic heterocycles. The molecule has 2 N–H and O–H groups in total. The summed E-state index contributed by atoms with van der Waals surface area (Å²) in [5.41, 5.74) is 0.186. The van der Waals surface area contributed by atoms with Gasteiger partial charge in [0.05, 0.1) is 16.4 Å². The van der Waals surface area contributed by atoms with Crippen molar-refractivity contribution in [2.75, 3.05) is 24.5 Å². The molecule has 1 aliphatic heterocycles. The predicted octanol–water partition coefficient (Wildman–Crippen LogP) is 2.17. The Morgan fingerprint density at radius 1 is 1.21 bits per heavy atom. The Hall–Kier alpha value is -2.20. The number of carbonyl (C=O) groups is 1. The van der Waals surface area contributed by atoms with Crippen LogP contribution < -0.4 is 14.9 Å². The van der Waals surface area contributed by atoms with Crippen LogP contribution in [-0.2, 0) is 14.8 Å². The number of nitro groups is 1. The van der Waals surface area contributed by atoms with Gasteiger partial charge in [0.25, 0.3) is 5.69 Å². The number of carbonyl (C=O) groups excluding carboxylic acids is 1. The van der Waals surface area contributed by atoms with Gasteiger partial charge in [-0.3, -0.25) is 14.9 Å². The molecule has 0 radical (unpaired) electrons. The molecule has 1 saturated heterocycles. The van der Waals surface area contributed by atoms with E-state index < -0.39 is 27.4 Å². The number of nitrogens with one attached hydrogen (secondary N) is 2. The highest BCUT2D eigenvalue weighted by Gasteiger charge is 2.27. The second kappa shape index (κ2) is 9.08. The van der Waals surface area contributed by atoms with Crippen LogP contribution in [0.15, 0.2) is 23.1 Å². The summed E-state index contributed by atoms with van der Waals surface area (Å²) in [6.07, 6.45) is 6.04. The molecule has 0 spiro atoms. The third-order valence-corrected chi connectivity index (χ3v) is 7.18. The number of nitro benzene ring substituents is 1. The van der Waals surface area contributed by atoms with Gasteiger partial charge < -0.3 is 10.2 Å². The summed E-state index contributed by atoms with van der Waals surface area (Å²) in [6, 6.07) is 3.95. The van der Waals surface area contributed by atoms with Crippen molar-refractivity contribution >= 4 is 27.3 Å². The summed E-state index contributed by atoms with van der Waals surface area (Å²) in [6.45, 7) is 3.11. The van der Waals surface area contributed by atoms with Gasteiger partial charge in [-0.15, -0.1) is 0 Å². The number of hydrogen-bond acceptors (Lipinski definition) is 6. The van der Waals surface area contributed by atoms with E-state index in [1.165, 1.54) is 12.1 Å². The summed E-state index contributed by atoms with van der Waals surface area (Å²) < 4.78 is 27.4. The van der Waals surface area contributed by atoms with Gasteiger partial charge in [-0.05, 0) is 43.7 Å². The van der Waals surface area contributed by atoms with Crippen molar-refractivity contribution in [3.05, 3.63) is 28.3 Å². The highest BCUT2D eigenvalue weighted by atomic mass is 32.2. The van der Waals surface area contributed by atoms with Crippen LogP contribution in [0.1, 0.15) is 45.4 Å². The molecular weight excluding hydrogens is 396 g/mol. The SMILES string of the molecule is C[C@@H]1CCCC[C@@H]1NC(=O)CNS(=O)(=O)c1ccc(N2CCCC2)c([N+](=O)[O-])c1. The fraction of sp³-hybridized carbons (Fsp3) is 0.632. The first-order valence-corrected chi connectivity index (χ1v) is 11.6. The van der Waals surface area contributed by atoms with E-state index in [0.717, 1.165) is 44.6 Å². The average Bonchev–Trinajstić information content (AvgIpc) is 3.22. The fourth-order valence-electron chi connectivity index (χ4n) is 4.07. The molecular formula is C19H28N4O5S. The van der Waals surface area contributed by atoms with Crippen LogP contribution >= 0.6 is 0 Å². The van der Waals surface area contributed by atoms with Crippen LogP contribution in [0.4, 0.5) is 11.4 Å². The molecule has 1 amide bonds. The van der Waals surface area contributed by atoms with Gasteiger partial charge >= 0.3 is 0 Å². The van der Waals surface area contributed by atoms with Crippen LogP contribution in [-0.4, -0.2) is 44.9 Å². The number of rotatable bonds is 7. The van der Waals surface area contributed by atoms with E-state index in [2.05, 4.69) is 17.0 Å². The van der Waals surface area contributed by atoms with Crippen molar-refractivity contribution in [3.8, 4) is 0 Å². The lowest BCUT2D eigenvalue weighted by Gasteiger charge is -2.29. The lowest BCUT2D eigenvalue weighted by atomic mass is 9.86. The standard InChI is InChI=1S/C19H28N4O5S/c1-14-6-2-3-7-16(14)21-19(24)13-20-29(27,28)15-8-9-17(18(12-15)23(25)26)22-10-4-5-11-22/h8-9,12,14,16,20H,2-7,10-11,13H2,1H3,(H,21,24)/t14-,16+/m1/s1. The maximum absolute atomic E-state index is 12.6. The van der Waals surface area contributed by atoms with Crippen molar-refractivity contribution < 1.29 is 18.1 Å². The number of sulfonamides is 1. The smallest absolute Gasteiger partial charge is 0.293 e. The first-order valence-electron chi connectivity index (χ1n) is 10.1. The Bertz CT molecular complexity index is 867. The van der Waals surface area contributed by atoms with Gasteiger partial charge in [-0.1, -0.05) is 19.8 Å². The Morgan fingerprint density at radius 3 is 2.55 bits per heavy atom. The monoisotopic (exact) mass is 424 g/mol. The molecule has 2 fully saturated rings.